The highest BCUT2D eigenvalue weighted by Gasteiger charge is 2.38. The molecule has 2 saturated heterocycles. The fraction of sp³-hybridized carbons (Fsp3) is 0.682. The predicted octanol–water partition coefficient (Wildman–Crippen LogP) is 4.57. The van der Waals surface area contributed by atoms with Gasteiger partial charge in [0.05, 0.1) is 5.56 Å². The van der Waals surface area contributed by atoms with Crippen molar-refractivity contribution in [2.75, 3.05) is 26.2 Å². The van der Waals surface area contributed by atoms with Gasteiger partial charge in [0.1, 0.15) is 0 Å². The van der Waals surface area contributed by atoms with Gasteiger partial charge in [-0.05, 0) is 68.2 Å². The lowest BCUT2D eigenvalue weighted by atomic mass is 9.92. The fourth-order valence-electron chi connectivity index (χ4n) is 5.27. The van der Waals surface area contributed by atoms with E-state index in [9.17, 15) is 18.0 Å². The summed E-state index contributed by atoms with van der Waals surface area (Å²) in [5, 5.41) is 0. The Morgan fingerprint density at radius 1 is 1.04 bits per heavy atom. The van der Waals surface area contributed by atoms with Gasteiger partial charge >= 0.3 is 6.18 Å². The van der Waals surface area contributed by atoms with Crippen LogP contribution in [0.25, 0.3) is 0 Å². The van der Waals surface area contributed by atoms with Crippen LogP contribution in [0.3, 0.4) is 0 Å². The van der Waals surface area contributed by atoms with Gasteiger partial charge in [-0.25, -0.2) is 0 Å². The summed E-state index contributed by atoms with van der Waals surface area (Å²) < 4.78 is 38.6. The molecule has 1 saturated carbocycles. The largest absolute Gasteiger partial charge is 0.416 e. The number of hydrogen-bond donors (Lipinski definition) is 0. The summed E-state index contributed by atoms with van der Waals surface area (Å²) in [6.45, 7) is 4.15. The number of likely N-dealkylation sites (tertiary alicyclic amines) is 2. The van der Waals surface area contributed by atoms with E-state index in [1.807, 2.05) is 0 Å². The number of nitrogens with zero attached hydrogens (tertiary/aromatic N) is 2. The van der Waals surface area contributed by atoms with E-state index < -0.39 is 11.7 Å². The highest BCUT2D eigenvalue weighted by Crippen LogP contribution is 2.38. The third-order valence-electron chi connectivity index (χ3n) is 6.91. The highest BCUT2D eigenvalue weighted by atomic mass is 19.4. The zero-order chi connectivity index (χ0) is 19.7. The molecule has 2 aliphatic heterocycles. The monoisotopic (exact) mass is 394 g/mol. The van der Waals surface area contributed by atoms with E-state index in [2.05, 4.69) is 9.80 Å². The summed E-state index contributed by atoms with van der Waals surface area (Å²) in [7, 11) is 0. The second-order valence-corrected chi connectivity index (χ2v) is 8.87. The Kier molecular flexibility index (Phi) is 5.68. The molecule has 154 valence electrons. The van der Waals surface area contributed by atoms with Crippen LogP contribution in [0.15, 0.2) is 24.3 Å². The van der Waals surface area contributed by atoms with Gasteiger partial charge in [-0.1, -0.05) is 24.6 Å². The van der Waals surface area contributed by atoms with Crippen molar-refractivity contribution in [3.63, 3.8) is 0 Å². The molecule has 0 radical (unpaired) electrons. The minimum absolute atomic E-state index is 0.311. The minimum atomic E-state index is -4.29. The Labute approximate surface area is 164 Å². The van der Waals surface area contributed by atoms with E-state index in [-0.39, 0.29) is 0 Å². The molecule has 0 bridgehead atoms. The average molecular weight is 394 g/mol. The van der Waals surface area contributed by atoms with Crippen LogP contribution >= 0.6 is 0 Å². The Morgan fingerprint density at radius 3 is 2.36 bits per heavy atom. The molecule has 0 N–H and O–H groups in total. The molecular formula is C22H29F3N2O. The van der Waals surface area contributed by atoms with Gasteiger partial charge in [0, 0.05) is 26.1 Å². The quantitative estimate of drug-likeness (QED) is 0.747. The summed E-state index contributed by atoms with van der Waals surface area (Å²) in [5.41, 5.74) is 0.119. The van der Waals surface area contributed by atoms with Crippen LogP contribution < -0.4 is 0 Å². The van der Waals surface area contributed by atoms with Crippen molar-refractivity contribution >= 4 is 5.91 Å². The first-order valence-corrected chi connectivity index (χ1v) is 10.5. The topological polar surface area (TPSA) is 23.6 Å². The molecule has 3 aliphatic rings. The van der Waals surface area contributed by atoms with Gasteiger partial charge in [0.15, 0.2) is 0 Å². The average Bonchev–Trinajstić information content (AvgIpc) is 3.25. The van der Waals surface area contributed by atoms with E-state index >= 15 is 0 Å². The maximum Gasteiger partial charge on any atom is 0.416 e. The number of hydrogen-bond acceptors (Lipinski definition) is 2. The van der Waals surface area contributed by atoms with Crippen LogP contribution in [0.1, 0.15) is 49.7 Å². The molecule has 2 atom stereocenters. The second-order valence-electron chi connectivity index (χ2n) is 8.87. The molecule has 0 aromatic heterocycles. The molecule has 6 heteroatoms. The lowest BCUT2D eigenvalue weighted by Gasteiger charge is -2.32. The third-order valence-corrected chi connectivity index (χ3v) is 6.91. The van der Waals surface area contributed by atoms with E-state index in [1.54, 1.807) is 6.07 Å². The summed E-state index contributed by atoms with van der Waals surface area (Å²) in [4.78, 5) is 16.9. The highest BCUT2D eigenvalue weighted by molar-refractivity contribution is 5.76. The van der Waals surface area contributed by atoms with Gasteiger partial charge < -0.3 is 4.90 Å². The van der Waals surface area contributed by atoms with Crippen LogP contribution in [0, 0.1) is 17.8 Å². The zero-order valence-corrected chi connectivity index (χ0v) is 16.3. The number of alkyl halides is 3. The Bertz CT molecular complexity index is 685. The number of piperidine rings is 1. The van der Waals surface area contributed by atoms with Crippen molar-refractivity contribution < 1.29 is 18.0 Å². The van der Waals surface area contributed by atoms with Crippen LogP contribution in [0.2, 0.25) is 0 Å². The summed E-state index contributed by atoms with van der Waals surface area (Å²) in [6, 6.07) is 5.61. The zero-order valence-electron chi connectivity index (χ0n) is 16.3. The number of carbonyl (C=O) groups excluding carboxylic acids is 1. The number of halogens is 3. The van der Waals surface area contributed by atoms with Crippen LogP contribution in [-0.4, -0.2) is 41.9 Å². The van der Waals surface area contributed by atoms with Crippen molar-refractivity contribution in [2.45, 2.75) is 51.2 Å². The second kappa shape index (κ2) is 8.05. The van der Waals surface area contributed by atoms with Gasteiger partial charge in [-0.2, -0.15) is 13.2 Å². The van der Waals surface area contributed by atoms with E-state index in [4.69, 9.17) is 0 Å². The molecule has 2 heterocycles. The van der Waals surface area contributed by atoms with Gasteiger partial charge in [-0.15, -0.1) is 0 Å². The molecule has 1 aliphatic carbocycles. The molecule has 1 aromatic rings. The molecule has 3 nitrogen and oxygen atoms in total. The predicted molar refractivity (Wildman–Crippen MR) is 101 cm³/mol. The fourth-order valence-corrected chi connectivity index (χ4v) is 5.27. The Hall–Kier alpha value is -1.56. The first-order valence-electron chi connectivity index (χ1n) is 10.5. The lowest BCUT2D eigenvalue weighted by Crippen LogP contribution is -2.36. The van der Waals surface area contributed by atoms with Crippen LogP contribution in [0.5, 0.6) is 0 Å². The van der Waals surface area contributed by atoms with E-state index in [0.29, 0.717) is 30.4 Å². The number of benzene rings is 1. The molecule has 1 amide bonds. The minimum Gasteiger partial charge on any atom is -0.342 e. The molecule has 4 rings (SSSR count). The number of fused-ring (bicyclic) bond motifs is 1. The van der Waals surface area contributed by atoms with Crippen molar-refractivity contribution in [3.05, 3.63) is 35.4 Å². The SMILES string of the molecule is O=C(CC1CCN(Cc2cccc(C(F)(F)F)c2)CC1)N1CC2CCCC2C1. The first kappa shape index (κ1) is 19.7. The summed E-state index contributed by atoms with van der Waals surface area (Å²) >= 11 is 0. The molecule has 2 unspecified atom stereocenters. The maximum absolute atomic E-state index is 12.9. The lowest BCUT2D eigenvalue weighted by molar-refractivity contribution is -0.137. The number of rotatable bonds is 4. The third kappa shape index (κ3) is 4.53. The molecule has 3 fully saturated rings. The Balaban J connectivity index is 1.23. The molecular weight excluding hydrogens is 365 g/mol. The standard InChI is InChI=1S/C22H29F3N2O/c23-22(24,25)20-6-1-3-17(11-20)13-26-9-7-16(8-10-26)12-21(28)27-14-18-4-2-5-19(18)15-27/h1,3,6,11,16,18-19H,2,4-5,7-10,12-15H2. The van der Waals surface area contributed by atoms with Crippen LogP contribution in [0.4, 0.5) is 13.2 Å². The number of amides is 1. The number of carbonyl (C=O) groups is 1. The van der Waals surface area contributed by atoms with Gasteiger partial charge in [0.25, 0.3) is 0 Å². The summed E-state index contributed by atoms with van der Waals surface area (Å²) in [6.07, 6.45) is 2.12. The maximum atomic E-state index is 12.9. The van der Waals surface area contributed by atoms with Gasteiger partial charge in [0.2, 0.25) is 5.91 Å². The first-order chi connectivity index (χ1) is 13.4. The van der Waals surface area contributed by atoms with Crippen LogP contribution in [-0.2, 0) is 17.5 Å². The smallest absolute Gasteiger partial charge is 0.342 e. The van der Waals surface area contributed by atoms with E-state index in [0.717, 1.165) is 56.9 Å². The van der Waals surface area contributed by atoms with Crippen molar-refractivity contribution in [3.8, 4) is 0 Å². The van der Waals surface area contributed by atoms with Crippen molar-refractivity contribution in [1.82, 2.24) is 9.80 Å². The summed E-state index contributed by atoms with van der Waals surface area (Å²) in [5.74, 6) is 2.19. The molecule has 1 aromatic carbocycles. The van der Waals surface area contributed by atoms with Crippen molar-refractivity contribution in [1.29, 1.82) is 0 Å². The normalized spacial score (nSPS) is 26.6. The molecule has 0 spiro atoms. The Morgan fingerprint density at radius 2 is 1.71 bits per heavy atom. The molecule has 28 heavy (non-hydrogen) atoms. The van der Waals surface area contributed by atoms with Gasteiger partial charge in [-0.3, -0.25) is 9.69 Å². The van der Waals surface area contributed by atoms with E-state index in [1.165, 1.54) is 31.4 Å². The van der Waals surface area contributed by atoms with Crippen molar-refractivity contribution in [2.24, 2.45) is 17.8 Å².